The minimum absolute atomic E-state index is 0.169. The molecule has 2 aromatic rings. The summed E-state index contributed by atoms with van der Waals surface area (Å²) in [5.41, 5.74) is 8.94. The molecule has 0 spiro atoms. The van der Waals surface area contributed by atoms with Crippen molar-refractivity contribution >= 4 is 23.1 Å². The first-order valence-corrected chi connectivity index (χ1v) is 7.99. The standard InChI is InChI=1S/C14H16N2S2/c1-9-16-10(7-17-9)6-13(15)12-8-18-14-5-3-2-4-11(12)14/h2-5,7,12-13H,6,8,15H2,1H3. The van der Waals surface area contributed by atoms with Crippen molar-refractivity contribution < 1.29 is 0 Å². The van der Waals surface area contributed by atoms with Gasteiger partial charge in [-0.3, -0.25) is 0 Å². The summed E-state index contributed by atoms with van der Waals surface area (Å²) in [6.45, 7) is 2.04. The summed E-state index contributed by atoms with van der Waals surface area (Å²) in [4.78, 5) is 5.91. The maximum atomic E-state index is 6.39. The van der Waals surface area contributed by atoms with Gasteiger partial charge in [0.1, 0.15) is 0 Å². The van der Waals surface area contributed by atoms with Gasteiger partial charge in [-0.25, -0.2) is 4.98 Å². The van der Waals surface area contributed by atoms with E-state index in [9.17, 15) is 0 Å². The monoisotopic (exact) mass is 276 g/mol. The number of nitrogens with two attached hydrogens (primary N) is 1. The molecule has 1 aliphatic heterocycles. The Hall–Kier alpha value is -0.840. The zero-order chi connectivity index (χ0) is 12.5. The average Bonchev–Trinajstić information content (AvgIpc) is 2.95. The van der Waals surface area contributed by atoms with Crippen LogP contribution in [0.5, 0.6) is 0 Å². The number of aryl methyl sites for hydroxylation is 1. The van der Waals surface area contributed by atoms with E-state index in [1.54, 1.807) is 11.3 Å². The van der Waals surface area contributed by atoms with Crippen molar-refractivity contribution in [2.45, 2.75) is 30.2 Å². The highest BCUT2D eigenvalue weighted by Gasteiger charge is 2.28. The highest BCUT2D eigenvalue weighted by Crippen LogP contribution is 2.41. The first-order valence-electron chi connectivity index (χ1n) is 6.12. The van der Waals surface area contributed by atoms with E-state index in [2.05, 4.69) is 34.6 Å². The van der Waals surface area contributed by atoms with Crippen molar-refractivity contribution in [1.82, 2.24) is 4.98 Å². The van der Waals surface area contributed by atoms with Crippen LogP contribution in [-0.4, -0.2) is 16.8 Å². The van der Waals surface area contributed by atoms with Crippen LogP contribution in [0.25, 0.3) is 0 Å². The Bertz CT molecular complexity index is 550. The molecule has 0 saturated carbocycles. The fourth-order valence-electron chi connectivity index (χ4n) is 2.43. The molecule has 0 bridgehead atoms. The maximum absolute atomic E-state index is 6.39. The van der Waals surface area contributed by atoms with Crippen molar-refractivity contribution in [3.05, 3.63) is 45.9 Å². The number of thiazole rings is 1. The summed E-state index contributed by atoms with van der Waals surface area (Å²) in [7, 11) is 0. The van der Waals surface area contributed by atoms with E-state index in [-0.39, 0.29) is 6.04 Å². The molecule has 2 nitrogen and oxygen atoms in total. The Kier molecular flexibility index (Phi) is 3.41. The van der Waals surface area contributed by atoms with E-state index in [0.717, 1.165) is 22.9 Å². The summed E-state index contributed by atoms with van der Waals surface area (Å²) in [6.07, 6.45) is 0.879. The summed E-state index contributed by atoms with van der Waals surface area (Å²) in [6, 6.07) is 8.79. The summed E-state index contributed by atoms with van der Waals surface area (Å²) >= 11 is 3.62. The van der Waals surface area contributed by atoms with Crippen molar-refractivity contribution in [3.8, 4) is 0 Å². The molecule has 2 unspecified atom stereocenters. The molecule has 0 fully saturated rings. The fraction of sp³-hybridized carbons (Fsp3) is 0.357. The fourth-order valence-corrected chi connectivity index (χ4v) is 4.40. The van der Waals surface area contributed by atoms with Crippen LogP contribution in [0.4, 0.5) is 0 Å². The zero-order valence-electron chi connectivity index (χ0n) is 10.3. The number of thioether (sulfide) groups is 1. The van der Waals surface area contributed by atoms with Crippen LogP contribution in [0.3, 0.4) is 0 Å². The SMILES string of the molecule is Cc1nc(CC(N)C2CSc3ccccc32)cs1. The third-order valence-corrected chi connectivity index (χ3v) is 5.40. The molecule has 3 rings (SSSR count). The Morgan fingerprint density at radius 1 is 1.44 bits per heavy atom. The highest BCUT2D eigenvalue weighted by atomic mass is 32.2. The molecule has 2 atom stereocenters. The lowest BCUT2D eigenvalue weighted by Crippen LogP contribution is -2.31. The molecule has 94 valence electrons. The molecule has 0 aliphatic carbocycles. The minimum Gasteiger partial charge on any atom is -0.327 e. The number of nitrogens with zero attached hydrogens (tertiary/aromatic N) is 1. The van der Waals surface area contributed by atoms with Crippen LogP contribution < -0.4 is 5.73 Å². The predicted octanol–water partition coefficient (Wildman–Crippen LogP) is 3.21. The van der Waals surface area contributed by atoms with Gasteiger partial charge < -0.3 is 5.73 Å². The second-order valence-corrected chi connectivity index (χ2v) is 6.81. The van der Waals surface area contributed by atoms with Gasteiger partial charge in [-0.15, -0.1) is 23.1 Å². The lowest BCUT2D eigenvalue weighted by molar-refractivity contribution is 0.566. The van der Waals surface area contributed by atoms with Gasteiger partial charge in [0.2, 0.25) is 0 Å². The third-order valence-electron chi connectivity index (χ3n) is 3.37. The van der Waals surface area contributed by atoms with Crippen LogP contribution in [0, 0.1) is 6.92 Å². The Balaban J connectivity index is 1.76. The number of rotatable bonds is 3. The van der Waals surface area contributed by atoms with Crippen LogP contribution in [0.15, 0.2) is 34.5 Å². The van der Waals surface area contributed by atoms with Crippen LogP contribution in [0.2, 0.25) is 0 Å². The van der Waals surface area contributed by atoms with Gasteiger partial charge in [0, 0.05) is 34.4 Å². The normalized spacial score (nSPS) is 19.8. The molecule has 1 aliphatic rings. The van der Waals surface area contributed by atoms with E-state index in [0.29, 0.717) is 5.92 Å². The highest BCUT2D eigenvalue weighted by molar-refractivity contribution is 7.99. The molecule has 1 aromatic heterocycles. The van der Waals surface area contributed by atoms with Crippen molar-refractivity contribution in [1.29, 1.82) is 0 Å². The van der Waals surface area contributed by atoms with E-state index in [1.807, 2.05) is 18.7 Å². The van der Waals surface area contributed by atoms with E-state index in [1.165, 1.54) is 10.5 Å². The molecule has 2 heterocycles. The molecule has 18 heavy (non-hydrogen) atoms. The molecular weight excluding hydrogens is 260 g/mol. The maximum Gasteiger partial charge on any atom is 0.0897 e. The summed E-state index contributed by atoms with van der Waals surface area (Å²) < 4.78 is 0. The van der Waals surface area contributed by atoms with Gasteiger partial charge in [-0.1, -0.05) is 18.2 Å². The predicted molar refractivity (Wildman–Crippen MR) is 78.4 cm³/mol. The summed E-state index contributed by atoms with van der Waals surface area (Å²) in [5.74, 6) is 1.57. The lowest BCUT2D eigenvalue weighted by atomic mass is 9.91. The average molecular weight is 276 g/mol. The first kappa shape index (κ1) is 12.2. The quantitative estimate of drug-likeness (QED) is 0.935. The molecule has 0 saturated heterocycles. The number of fused-ring (bicyclic) bond motifs is 1. The van der Waals surface area contributed by atoms with Gasteiger partial charge in [0.15, 0.2) is 0 Å². The Labute approximate surface area is 116 Å². The van der Waals surface area contributed by atoms with Crippen molar-refractivity contribution in [2.75, 3.05) is 5.75 Å². The van der Waals surface area contributed by atoms with Crippen LogP contribution >= 0.6 is 23.1 Å². The smallest absolute Gasteiger partial charge is 0.0897 e. The molecule has 2 N–H and O–H groups in total. The Morgan fingerprint density at radius 2 is 2.28 bits per heavy atom. The number of hydrogen-bond donors (Lipinski definition) is 1. The largest absolute Gasteiger partial charge is 0.327 e. The second kappa shape index (κ2) is 5.03. The first-order chi connectivity index (χ1) is 8.74. The van der Waals surface area contributed by atoms with Gasteiger partial charge in [-0.2, -0.15) is 0 Å². The zero-order valence-corrected chi connectivity index (χ0v) is 11.9. The van der Waals surface area contributed by atoms with Crippen molar-refractivity contribution in [3.63, 3.8) is 0 Å². The molecule has 0 radical (unpaired) electrons. The van der Waals surface area contributed by atoms with Gasteiger partial charge in [-0.05, 0) is 18.6 Å². The van der Waals surface area contributed by atoms with Crippen LogP contribution in [0.1, 0.15) is 22.2 Å². The Morgan fingerprint density at radius 3 is 3.06 bits per heavy atom. The number of aromatic nitrogens is 1. The molecule has 1 aromatic carbocycles. The topological polar surface area (TPSA) is 38.9 Å². The lowest BCUT2D eigenvalue weighted by Gasteiger charge is -2.18. The molecular formula is C14H16N2S2. The van der Waals surface area contributed by atoms with E-state index < -0.39 is 0 Å². The van der Waals surface area contributed by atoms with E-state index in [4.69, 9.17) is 5.73 Å². The van der Waals surface area contributed by atoms with Crippen LogP contribution in [-0.2, 0) is 6.42 Å². The number of benzene rings is 1. The van der Waals surface area contributed by atoms with Crippen molar-refractivity contribution in [2.24, 2.45) is 5.73 Å². The summed E-state index contributed by atoms with van der Waals surface area (Å²) in [5, 5.41) is 3.25. The van der Waals surface area contributed by atoms with E-state index >= 15 is 0 Å². The second-order valence-electron chi connectivity index (χ2n) is 4.68. The minimum atomic E-state index is 0.169. The molecule has 0 amide bonds. The van der Waals surface area contributed by atoms with Gasteiger partial charge >= 0.3 is 0 Å². The van der Waals surface area contributed by atoms with Gasteiger partial charge in [0.05, 0.1) is 10.7 Å². The number of hydrogen-bond acceptors (Lipinski definition) is 4. The van der Waals surface area contributed by atoms with Gasteiger partial charge in [0.25, 0.3) is 0 Å². The third kappa shape index (κ3) is 2.32. The molecule has 4 heteroatoms.